The zero-order valence-electron chi connectivity index (χ0n) is 21.1. The van der Waals surface area contributed by atoms with Gasteiger partial charge < -0.3 is 24.3 Å². The van der Waals surface area contributed by atoms with E-state index in [1.165, 1.54) is 17.0 Å². The molecule has 0 aliphatic carbocycles. The number of hydrogen-bond acceptors (Lipinski definition) is 5. The smallest absolute Gasteiger partial charge is 0.322 e. The van der Waals surface area contributed by atoms with Crippen LogP contribution in [0.4, 0.5) is 14.9 Å². The molecule has 1 aromatic heterocycles. The number of anilines is 1. The van der Waals surface area contributed by atoms with Gasteiger partial charge in [-0.2, -0.15) is 5.26 Å². The molecule has 3 aromatic rings. The van der Waals surface area contributed by atoms with Gasteiger partial charge in [0.1, 0.15) is 23.9 Å². The van der Waals surface area contributed by atoms with E-state index in [1.54, 1.807) is 47.4 Å². The number of nitrogens with one attached hydrogen (secondary N) is 1. The highest BCUT2D eigenvalue weighted by atomic mass is 19.1. The molecule has 0 aliphatic rings. The number of benzene rings is 2. The maximum Gasteiger partial charge on any atom is 0.322 e. The van der Waals surface area contributed by atoms with Gasteiger partial charge in [0, 0.05) is 32.0 Å². The van der Waals surface area contributed by atoms with Gasteiger partial charge in [0.2, 0.25) is 5.91 Å². The molecule has 1 heterocycles. The van der Waals surface area contributed by atoms with E-state index in [9.17, 15) is 14.0 Å². The summed E-state index contributed by atoms with van der Waals surface area (Å²) in [5, 5.41) is 11.9. The lowest BCUT2D eigenvalue weighted by atomic mass is 10.2. The minimum Gasteiger partial charge on any atom is -0.464 e. The van der Waals surface area contributed by atoms with Crippen molar-refractivity contribution in [1.82, 2.24) is 9.80 Å². The van der Waals surface area contributed by atoms with Crippen molar-refractivity contribution < 1.29 is 23.1 Å². The number of rotatable bonds is 12. The van der Waals surface area contributed by atoms with E-state index in [0.717, 1.165) is 11.3 Å². The highest BCUT2D eigenvalue weighted by Crippen LogP contribution is 2.15. The molecule has 0 spiro atoms. The fraction of sp³-hybridized carbons (Fsp3) is 0.321. The average Bonchev–Trinajstić information content (AvgIpc) is 3.31. The molecule has 2 aromatic carbocycles. The first kappa shape index (κ1) is 27.4. The van der Waals surface area contributed by atoms with Crippen molar-refractivity contribution in [3.05, 3.63) is 89.1 Å². The summed E-state index contributed by atoms with van der Waals surface area (Å²) in [5.74, 6) is 0.672. The second-order valence-corrected chi connectivity index (χ2v) is 8.48. The summed E-state index contributed by atoms with van der Waals surface area (Å²) in [5.41, 5.74) is 1.62. The summed E-state index contributed by atoms with van der Waals surface area (Å²) in [4.78, 5) is 29.6. The minimum absolute atomic E-state index is 0.184. The monoisotopic (exact) mass is 506 g/mol. The Morgan fingerprint density at radius 2 is 1.86 bits per heavy atom. The standard InChI is InChI=1S/C28H31FN4O4/c1-3-36-15-5-14-32(28(35)31-25-7-4-6-23(16-25)17-30)20-27(34)33(19-26-13-8-21(2)37-26)18-22-9-11-24(29)12-10-22/h4,6-13,16H,3,5,14-15,18-20H2,1-2H3,(H,31,35). The van der Waals surface area contributed by atoms with Crippen molar-refractivity contribution in [2.75, 3.05) is 31.6 Å². The molecule has 0 radical (unpaired) electrons. The lowest BCUT2D eigenvalue weighted by molar-refractivity contribution is -0.133. The number of nitriles is 1. The Morgan fingerprint density at radius 1 is 1.08 bits per heavy atom. The van der Waals surface area contributed by atoms with E-state index in [1.807, 2.05) is 26.0 Å². The summed E-state index contributed by atoms with van der Waals surface area (Å²) < 4.78 is 24.5. The molecular weight excluding hydrogens is 475 g/mol. The van der Waals surface area contributed by atoms with Gasteiger partial charge in [-0.1, -0.05) is 18.2 Å². The Morgan fingerprint density at radius 3 is 2.54 bits per heavy atom. The fourth-order valence-corrected chi connectivity index (χ4v) is 3.69. The molecule has 0 bridgehead atoms. The van der Waals surface area contributed by atoms with Crippen molar-refractivity contribution in [3.8, 4) is 6.07 Å². The maximum absolute atomic E-state index is 13.5. The molecule has 0 saturated carbocycles. The summed E-state index contributed by atoms with van der Waals surface area (Å²) in [6.45, 7) is 5.24. The molecule has 1 N–H and O–H groups in total. The number of halogens is 1. The first-order valence-electron chi connectivity index (χ1n) is 12.1. The van der Waals surface area contributed by atoms with E-state index in [2.05, 4.69) is 5.32 Å². The summed E-state index contributed by atoms with van der Waals surface area (Å²) in [7, 11) is 0. The summed E-state index contributed by atoms with van der Waals surface area (Å²) in [6, 6.07) is 17.7. The van der Waals surface area contributed by atoms with Gasteiger partial charge in [-0.25, -0.2) is 9.18 Å². The molecule has 9 heteroatoms. The van der Waals surface area contributed by atoms with Gasteiger partial charge in [-0.05, 0) is 68.3 Å². The van der Waals surface area contributed by atoms with E-state index in [4.69, 9.17) is 14.4 Å². The largest absolute Gasteiger partial charge is 0.464 e. The van der Waals surface area contributed by atoms with Crippen molar-refractivity contribution in [2.45, 2.75) is 33.4 Å². The molecule has 0 unspecified atom stereocenters. The number of furan rings is 1. The van der Waals surface area contributed by atoms with Crippen LogP contribution in [-0.2, 0) is 22.6 Å². The Hall–Kier alpha value is -4.16. The Balaban J connectivity index is 1.77. The quantitative estimate of drug-likeness (QED) is 0.345. The maximum atomic E-state index is 13.5. The van der Waals surface area contributed by atoms with E-state index in [-0.39, 0.29) is 31.4 Å². The van der Waals surface area contributed by atoms with Gasteiger partial charge in [0.05, 0.1) is 18.2 Å². The van der Waals surface area contributed by atoms with Gasteiger partial charge in [-0.15, -0.1) is 0 Å². The molecule has 3 amide bonds. The lowest BCUT2D eigenvalue weighted by Crippen LogP contribution is -2.44. The normalized spacial score (nSPS) is 10.5. The number of urea groups is 1. The van der Waals surface area contributed by atoms with Crippen LogP contribution in [0.2, 0.25) is 0 Å². The van der Waals surface area contributed by atoms with Crippen LogP contribution in [0.1, 0.15) is 36.0 Å². The molecule has 8 nitrogen and oxygen atoms in total. The molecule has 37 heavy (non-hydrogen) atoms. The number of nitrogens with zero attached hydrogens (tertiary/aromatic N) is 3. The Labute approximate surface area is 216 Å². The second kappa shape index (κ2) is 13.8. The molecular formula is C28H31FN4O4. The van der Waals surface area contributed by atoms with Crippen LogP contribution in [0.3, 0.4) is 0 Å². The average molecular weight is 507 g/mol. The van der Waals surface area contributed by atoms with Crippen LogP contribution in [0.15, 0.2) is 65.1 Å². The van der Waals surface area contributed by atoms with E-state index in [0.29, 0.717) is 43.2 Å². The predicted molar refractivity (Wildman–Crippen MR) is 137 cm³/mol. The highest BCUT2D eigenvalue weighted by molar-refractivity contribution is 5.92. The summed E-state index contributed by atoms with van der Waals surface area (Å²) in [6.07, 6.45) is 0.544. The Kier molecular flexibility index (Phi) is 10.2. The van der Waals surface area contributed by atoms with Gasteiger partial charge in [-0.3, -0.25) is 4.79 Å². The van der Waals surface area contributed by atoms with Crippen molar-refractivity contribution in [1.29, 1.82) is 5.26 Å². The second-order valence-electron chi connectivity index (χ2n) is 8.48. The minimum atomic E-state index is -0.462. The number of ether oxygens (including phenoxy) is 1. The molecule has 0 atom stereocenters. The number of amides is 3. The predicted octanol–water partition coefficient (Wildman–Crippen LogP) is 5.09. The summed E-state index contributed by atoms with van der Waals surface area (Å²) >= 11 is 0. The zero-order chi connectivity index (χ0) is 26.6. The number of carbonyl (C=O) groups is 2. The molecule has 0 aliphatic heterocycles. The lowest BCUT2D eigenvalue weighted by Gasteiger charge is -2.27. The van der Waals surface area contributed by atoms with Gasteiger partial charge >= 0.3 is 6.03 Å². The van der Waals surface area contributed by atoms with Crippen molar-refractivity contribution in [2.24, 2.45) is 0 Å². The van der Waals surface area contributed by atoms with E-state index >= 15 is 0 Å². The third kappa shape index (κ3) is 8.78. The highest BCUT2D eigenvalue weighted by Gasteiger charge is 2.23. The first-order chi connectivity index (χ1) is 17.9. The van der Waals surface area contributed by atoms with Gasteiger partial charge in [0.25, 0.3) is 0 Å². The molecule has 194 valence electrons. The number of hydrogen-bond donors (Lipinski definition) is 1. The number of aryl methyl sites for hydroxylation is 1. The SMILES string of the molecule is CCOCCCN(CC(=O)N(Cc1ccc(F)cc1)Cc1ccc(C)o1)C(=O)Nc1cccc(C#N)c1. The van der Waals surface area contributed by atoms with E-state index < -0.39 is 6.03 Å². The van der Waals surface area contributed by atoms with Crippen molar-refractivity contribution >= 4 is 17.6 Å². The molecule has 0 fully saturated rings. The Bertz CT molecular complexity index is 1220. The van der Waals surface area contributed by atoms with Gasteiger partial charge in [0.15, 0.2) is 0 Å². The van der Waals surface area contributed by atoms with Crippen LogP contribution in [0, 0.1) is 24.1 Å². The number of carbonyl (C=O) groups excluding carboxylic acids is 2. The van der Waals surface area contributed by atoms with Crippen LogP contribution in [0.25, 0.3) is 0 Å². The third-order valence-corrected chi connectivity index (χ3v) is 5.56. The third-order valence-electron chi connectivity index (χ3n) is 5.56. The van der Waals surface area contributed by atoms with Crippen molar-refractivity contribution in [3.63, 3.8) is 0 Å². The zero-order valence-corrected chi connectivity index (χ0v) is 21.1. The topological polar surface area (TPSA) is 98.8 Å². The van der Waals surface area contributed by atoms with Crippen LogP contribution in [-0.4, -0.2) is 48.0 Å². The molecule has 0 saturated heterocycles. The first-order valence-corrected chi connectivity index (χ1v) is 12.1. The fourth-order valence-electron chi connectivity index (χ4n) is 3.69. The van der Waals surface area contributed by atoms with Crippen LogP contribution in [0.5, 0.6) is 0 Å². The van der Waals surface area contributed by atoms with Crippen LogP contribution < -0.4 is 5.32 Å². The van der Waals surface area contributed by atoms with Crippen LogP contribution >= 0.6 is 0 Å². The molecule has 3 rings (SSSR count).